The lowest BCUT2D eigenvalue weighted by Gasteiger charge is -2.20. The fourth-order valence-corrected chi connectivity index (χ4v) is 2.25. The Hall–Kier alpha value is -1.55. The van der Waals surface area contributed by atoms with Gasteiger partial charge in [-0.1, -0.05) is 24.3 Å². The van der Waals surface area contributed by atoms with E-state index < -0.39 is 11.7 Å². The Kier molecular flexibility index (Phi) is 4.88. The van der Waals surface area contributed by atoms with Gasteiger partial charge in [-0.25, -0.2) is 4.79 Å². The van der Waals surface area contributed by atoms with Crippen molar-refractivity contribution in [3.05, 3.63) is 35.4 Å². The Bertz CT molecular complexity index is 473. The molecule has 116 valence electrons. The maximum atomic E-state index is 11.6. The molecule has 1 atom stereocenters. The number of carbonyl (C=O) groups is 1. The molecule has 0 aliphatic heterocycles. The minimum Gasteiger partial charge on any atom is -0.444 e. The van der Waals surface area contributed by atoms with Crippen LogP contribution in [0.2, 0.25) is 0 Å². The van der Waals surface area contributed by atoms with Crippen LogP contribution >= 0.6 is 0 Å². The van der Waals surface area contributed by atoms with E-state index in [4.69, 9.17) is 10.5 Å². The number of ether oxygens (including phenoxy) is 1. The van der Waals surface area contributed by atoms with Gasteiger partial charge in [-0.3, -0.25) is 0 Å². The van der Waals surface area contributed by atoms with Crippen LogP contribution < -0.4 is 11.1 Å². The second kappa shape index (κ2) is 6.48. The minimum atomic E-state index is -0.479. The van der Waals surface area contributed by atoms with Gasteiger partial charge >= 0.3 is 6.09 Å². The third kappa shape index (κ3) is 5.76. The molecule has 1 amide bonds. The van der Waals surface area contributed by atoms with Crippen LogP contribution in [-0.4, -0.2) is 24.3 Å². The second-order valence-electron chi connectivity index (χ2n) is 6.86. The van der Waals surface area contributed by atoms with Gasteiger partial charge in [-0.2, -0.15) is 0 Å². The summed E-state index contributed by atoms with van der Waals surface area (Å²) in [6.45, 7) is 5.94. The molecular weight excluding hydrogens is 264 g/mol. The van der Waals surface area contributed by atoms with E-state index in [1.807, 2.05) is 20.8 Å². The standard InChI is InChI=1S/C17H26N2O2/c1-17(2,3)21-16(20)19-11-15(18)10-12-4-6-13(7-5-12)14-8-9-14/h4-7,14-15H,8-11,18H2,1-3H3,(H,19,20). The fraction of sp³-hybridized carbons (Fsp3) is 0.588. The molecular formula is C17H26N2O2. The number of nitrogens with one attached hydrogen (secondary N) is 1. The molecule has 4 heteroatoms. The molecule has 1 aromatic rings. The highest BCUT2D eigenvalue weighted by Crippen LogP contribution is 2.39. The number of alkyl carbamates (subject to hydrolysis) is 1. The van der Waals surface area contributed by atoms with Crippen LogP contribution in [0.3, 0.4) is 0 Å². The summed E-state index contributed by atoms with van der Waals surface area (Å²) in [5.41, 5.74) is 8.21. The highest BCUT2D eigenvalue weighted by molar-refractivity contribution is 5.67. The lowest BCUT2D eigenvalue weighted by molar-refractivity contribution is 0.0524. The number of carbonyl (C=O) groups excluding carboxylic acids is 1. The van der Waals surface area contributed by atoms with Crippen LogP contribution in [0, 0.1) is 0 Å². The largest absolute Gasteiger partial charge is 0.444 e. The van der Waals surface area contributed by atoms with E-state index in [9.17, 15) is 4.79 Å². The lowest BCUT2D eigenvalue weighted by atomic mass is 10.0. The van der Waals surface area contributed by atoms with Crippen LogP contribution in [0.25, 0.3) is 0 Å². The molecule has 2 rings (SSSR count). The van der Waals surface area contributed by atoms with E-state index in [2.05, 4.69) is 29.6 Å². The molecule has 0 bridgehead atoms. The molecule has 1 saturated carbocycles. The number of hydrogen-bond acceptors (Lipinski definition) is 3. The molecule has 1 fully saturated rings. The normalized spacial score (nSPS) is 16.4. The van der Waals surface area contributed by atoms with Gasteiger partial charge in [-0.05, 0) is 57.1 Å². The molecule has 1 aliphatic rings. The molecule has 0 aromatic heterocycles. The summed E-state index contributed by atoms with van der Waals surface area (Å²) in [7, 11) is 0. The molecule has 1 aromatic carbocycles. The first kappa shape index (κ1) is 15.8. The quantitative estimate of drug-likeness (QED) is 0.876. The van der Waals surface area contributed by atoms with Crippen molar-refractivity contribution >= 4 is 6.09 Å². The molecule has 21 heavy (non-hydrogen) atoms. The summed E-state index contributed by atoms with van der Waals surface area (Å²) >= 11 is 0. The summed E-state index contributed by atoms with van der Waals surface area (Å²) in [5, 5.41) is 2.71. The molecule has 0 saturated heterocycles. The SMILES string of the molecule is CC(C)(C)OC(=O)NCC(N)Cc1ccc(C2CC2)cc1. The smallest absolute Gasteiger partial charge is 0.407 e. The van der Waals surface area contributed by atoms with E-state index >= 15 is 0 Å². The van der Waals surface area contributed by atoms with E-state index in [1.165, 1.54) is 24.0 Å². The van der Waals surface area contributed by atoms with Gasteiger partial charge in [0.1, 0.15) is 5.60 Å². The zero-order chi connectivity index (χ0) is 15.5. The Balaban J connectivity index is 1.73. The Morgan fingerprint density at radius 2 is 1.95 bits per heavy atom. The average molecular weight is 290 g/mol. The first-order chi connectivity index (χ1) is 9.83. The van der Waals surface area contributed by atoms with Crippen LogP contribution in [-0.2, 0) is 11.2 Å². The number of hydrogen-bond donors (Lipinski definition) is 2. The fourth-order valence-electron chi connectivity index (χ4n) is 2.25. The third-order valence-electron chi connectivity index (χ3n) is 3.43. The van der Waals surface area contributed by atoms with Crippen molar-refractivity contribution in [3.8, 4) is 0 Å². The predicted octanol–water partition coefficient (Wildman–Crippen LogP) is 2.96. The zero-order valence-electron chi connectivity index (χ0n) is 13.2. The molecule has 0 radical (unpaired) electrons. The van der Waals surface area contributed by atoms with E-state index in [0.717, 1.165) is 12.3 Å². The number of rotatable bonds is 5. The molecule has 0 heterocycles. The van der Waals surface area contributed by atoms with E-state index in [-0.39, 0.29) is 6.04 Å². The van der Waals surface area contributed by atoms with Gasteiger partial charge in [-0.15, -0.1) is 0 Å². The van der Waals surface area contributed by atoms with Crippen molar-refractivity contribution in [2.45, 2.75) is 57.6 Å². The van der Waals surface area contributed by atoms with Crippen LogP contribution in [0.15, 0.2) is 24.3 Å². The second-order valence-corrected chi connectivity index (χ2v) is 6.86. The van der Waals surface area contributed by atoms with Gasteiger partial charge in [0.25, 0.3) is 0 Å². The summed E-state index contributed by atoms with van der Waals surface area (Å²) < 4.78 is 5.18. The maximum Gasteiger partial charge on any atom is 0.407 e. The van der Waals surface area contributed by atoms with Gasteiger partial charge < -0.3 is 15.8 Å². The Morgan fingerprint density at radius 3 is 2.48 bits per heavy atom. The summed E-state index contributed by atoms with van der Waals surface area (Å²) in [4.78, 5) is 11.6. The minimum absolute atomic E-state index is 0.107. The molecule has 1 aliphatic carbocycles. The Labute approximate surface area is 127 Å². The molecule has 0 spiro atoms. The molecule has 1 unspecified atom stereocenters. The summed E-state index contributed by atoms with van der Waals surface area (Å²) in [6.07, 6.45) is 2.97. The van der Waals surface area contributed by atoms with Crippen molar-refractivity contribution in [2.75, 3.05) is 6.54 Å². The molecule has 4 nitrogen and oxygen atoms in total. The van der Waals surface area contributed by atoms with E-state index in [0.29, 0.717) is 6.54 Å². The van der Waals surface area contributed by atoms with Crippen molar-refractivity contribution in [3.63, 3.8) is 0 Å². The lowest BCUT2D eigenvalue weighted by Crippen LogP contribution is -2.41. The van der Waals surface area contributed by atoms with Gasteiger partial charge in [0, 0.05) is 12.6 Å². The van der Waals surface area contributed by atoms with Gasteiger partial charge in [0.05, 0.1) is 0 Å². The summed E-state index contributed by atoms with van der Waals surface area (Å²) in [5.74, 6) is 0.779. The number of nitrogens with two attached hydrogens (primary N) is 1. The van der Waals surface area contributed by atoms with E-state index in [1.54, 1.807) is 0 Å². The van der Waals surface area contributed by atoms with Crippen molar-refractivity contribution in [1.29, 1.82) is 0 Å². The predicted molar refractivity (Wildman–Crippen MR) is 84.3 cm³/mol. The highest BCUT2D eigenvalue weighted by atomic mass is 16.6. The van der Waals surface area contributed by atoms with Crippen LogP contribution in [0.4, 0.5) is 4.79 Å². The third-order valence-corrected chi connectivity index (χ3v) is 3.43. The van der Waals surface area contributed by atoms with Gasteiger partial charge in [0.15, 0.2) is 0 Å². The monoisotopic (exact) mass is 290 g/mol. The highest BCUT2D eigenvalue weighted by Gasteiger charge is 2.23. The zero-order valence-corrected chi connectivity index (χ0v) is 13.2. The average Bonchev–Trinajstić information content (AvgIpc) is 3.20. The first-order valence-electron chi connectivity index (χ1n) is 7.65. The Morgan fingerprint density at radius 1 is 1.33 bits per heavy atom. The van der Waals surface area contributed by atoms with Gasteiger partial charge in [0.2, 0.25) is 0 Å². The van der Waals surface area contributed by atoms with Crippen molar-refractivity contribution in [2.24, 2.45) is 5.73 Å². The van der Waals surface area contributed by atoms with Crippen molar-refractivity contribution < 1.29 is 9.53 Å². The first-order valence-corrected chi connectivity index (χ1v) is 7.65. The number of amides is 1. The van der Waals surface area contributed by atoms with Crippen molar-refractivity contribution in [1.82, 2.24) is 5.32 Å². The summed E-state index contributed by atoms with van der Waals surface area (Å²) in [6, 6.07) is 8.56. The molecule has 3 N–H and O–H groups in total. The topological polar surface area (TPSA) is 64.3 Å². The van der Waals surface area contributed by atoms with Crippen LogP contribution in [0.5, 0.6) is 0 Å². The maximum absolute atomic E-state index is 11.6. The van der Waals surface area contributed by atoms with Crippen LogP contribution in [0.1, 0.15) is 50.7 Å². The number of benzene rings is 1.